The number of quaternary nitrogens is 1. The van der Waals surface area contributed by atoms with E-state index in [-0.39, 0.29) is 24.9 Å². The second-order valence-corrected chi connectivity index (χ2v) is 27.5. The Kier molecular flexibility index (Phi) is 65.6. The summed E-state index contributed by atoms with van der Waals surface area (Å²) in [5, 5.41) is 3.04. The van der Waals surface area contributed by atoms with Crippen molar-refractivity contribution in [2.24, 2.45) is 0 Å². The number of carbonyl (C=O) groups is 2. The number of hydrogen-bond donors (Lipinski definition) is 1. The van der Waals surface area contributed by atoms with Gasteiger partial charge in [0.25, 0.3) is 7.82 Å². The van der Waals surface area contributed by atoms with Crippen molar-refractivity contribution < 1.29 is 37.3 Å². The maximum Gasteiger partial charge on any atom is 0.306 e. The molecule has 0 aromatic carbocycles. The van der Waals surface area contributed by atoms with Gasteiger partial charge < -0.3 is 28.5 Å². The Morgan fingerprint density at radius 1 is 0.400 bits per heavy atom. The van der Waals surface area contributed by atoms with Gasteiger partial charge in [-0.15, -0.1) is 0 Å². The van der Waals surface area contributed by atoms with Crippen molar-refractivity contribution in [3.8, 4) is 0 Å². The van der Waals surface area contributed by atoms with E-state index in [0.29, 0.717) is 23.9 Å². The van der Waals surface area contributed by atoms with Gasteiger partial charge in [0, 0.05) is 12.8 Å². The Bertz CT molecular complexity index is 1960. The topological polar surface area (TPSA) is 114 Å². The van der Waals surface area contributed by atoms with Crippen LogP contribution in [0.25, 0.3) is 0 Å². The van der Waals surface area contributed by atoms with E-state index >= 15 is 0 Å². The van der Waals surface area contributed by atoms with Crippen molar-refractivity contribution in [3.05, 3.63) is 122 Å². The fourth-order valence-electron chi connectivity index (χ4n) is 10.4. The summed E-state index contributed by atoms with van der Waals surface area (Å²) in [4.78, 5) is 40.3. The van der Waals surface area contributed by atoms with E-state index in [9.17, 15) is 19.0 Å². The molecule has 90 heavy (non-hydrogen) atoms. The third kappa shape index (κ3) is 68.8. The van der Waals surface area contributed by atoms with Crippen LogP contribution in [0.2, 0.25) is 0 Å². The number of phosphoric ester groups is 1. The van der Waals surface area contributed by atoms with Crippen LogP contribution in [0, 0.1) is 0 Å². The molecule has 0 aromatic rings. The number of nitrogens with one attached hydrogen (secondary N) is 1. The minimum Gasteiger partial charge on any atom is -0.756 e. The zero-order valence-electron chi connectivity index (χ0n) is 59.3. The molecule has 518 valence electrons. The molecule has 10 heteroatoms. The summed E-state index contributed by atoms with van der Waals surface area (Å²) in [5.41, 5.74) is 0. The van der Waals surface area contributed by atoms with Crippen molar-refractivity contribution >= 4 is 19.7 Å². The highest BCUT2D eigenvalue weighted by Crippen LogP contribution is 2.38. The molecule has 0 heterocycles. The normalized spacial score (nSPS) is 14.2. The summed E-state index contributed by atoms with van der Waals surface area (Å²) in [5.74, 6) is -0.557. The number of rotatable bonds is 67. The number of esters is 1. The molecule has 0 spiro atoms. The first kappa shape index (κ1) is 86.4. The number of amides is 1. The lowest BCUT2D eigenvalue weighted by molar-refractivity contribution is -0.870. The molecule has 0 radical (unpaired) electrons. The van der Waals surface area contributed by atoms with E-state index in [4.69, 9.17) is 13.8 Å². The fraction of sp³-hybridized carbons (Fsp3) is 0.725. The molecular weight excluding hydrogens is 1130 g/mol. The minimum atomic E-state index is -4.72. The van der Waals surface area contributed by atoms with E-state index < -0.39 is 26.6 Å². The molecule has 0 saturated carbocycles. The van der Waals surface area contributed by atoms with Gasteiger partial charge in [0.2, 0.25) is 5.91 Å². The zero-order chi connectivity index (χ0) is 65.6. The van der Waals surface area contributed by atoms with E-state index in [0.717, 1.165) is 128 Å². The summed E-state index contributed by atoms with van der Waals surface area (Å²) in [6.45, 7) is 6.71. The first-order valence-corrected chi connectivity index (χ1v) is 38.8. The molecule has 0 rings (SSSR count). The predicted molar refractivity (Wildman–Crippen MR) is 390 cm³/mol. The summed E-state index contributed by atoms with van der Waals surface area (Å²) in [6, 6.07) is -0.904. The van der Waals surface area contributed by atoms with Crippen LogP contribution in [0.5, 0.6) is 0 Å². The van der Waals surface area contributed by atoms with Crippen LogP contribution >= 0.6 is 7.82 Å². The van der Waals surface area contributed by atoms with Crippen molar-refractivity contribution in [1.82, 2.24) is 5.32 Å². The van der Waals surface area contributed by atoms with Gasteiger partial charge in [-0.05, 0) is 122 Å². The Morgan fingerprint density at radius 3 is 1.09 bits per heavy atom. The Labute approximate surface area is 556 Å². The molecule has 1 amide bonds. The van der Waals surface area contributed by atoms with Crippen LogP contribution in [0.15, 0.2) is 122 Å². The lowest BCUT2D eigenvalue weighted by Gasteiger charge is -2.30. The second kappa shape index (κ2) is 68.3. The van der Waals surface area contributed by atoms with Crippen molar-refractivity contribution in [3.63, 3.8) is 0 Å². The molecule has 0 aliphatic rings. The molecule has 0 aliphatic carbocycles. The highest BCUT2D eigenvalue weighted by atomic mass is 31.2. The molecule has 0 aliphatic heterocycles. The third-order valence-electron chi connectivity index (χ3n) is 16.1. The Hall–Kier alpha value is -3.59. The highest BCUT2D eigenvalue weighted by molar-refractivity contribution is 7.45. The highest BCUT2D eigenvalue weighted by Gasteiger charge is 2.27. The monoisotopic (exact) mass is 1270 g/mol. The Balaban J connectivity index is 5.05. The van der Waals surface area contributed by atoms with E-state index in [1.54, 1.807) is 0 Å². The molecule has 1 N–H and O–H groups in total. The number of allylic oxidation sites excluding steroid dienone is 19. The van der Waals surface area contributed by atoms with E-state index in [1.165, 1.54) is 154 Å². The zero-order valence-corrected chi connectivity index (χ0v) is 60.2. The van der Waals surface area contributed by atoms with Gasteiger partial charge in [0.1, 0.15) is 19.3 Å². The predicted octanol–water partition coefficient (Wildman–Crippen LogP) is 23.5. The minimum absolute atomic E-state index is 0.0300. The van der Waals surface area contributed by atoms with Crippen LogP contribution in [-0.4, -0.2) is 69.4 Å². The number of hydrogen-bond acceptors (Lipinski definition) is 7. The van der Waals surface area contributed by atoms with Crippen LogP contribution in [0.3, 0.4) is 0 Å². The first-order chi connectivity index (χ1) is 43.9. The molecule has 0 fully saturated rings. The Morgan fingerprint density at radius 2 is 0.711 bits per heavy atom. The smallest absolute Gasteiger partial charge is 0.306 e. The van der Waals surface area contributed by atoms with Crippen LogP contribution < -0.4 is 10.2 Å². The van der Waals surface area contributed by atoms with Gasteiger partial charge in [0.15, 0.2) is 0 Å². The number of ether oxygens (including phenoxy) is 1. The third-order valence-corrected chi connectivity index (χ3v) is 17.1. The standard InChI is InChI=1S/C80H141N2O7P/c1-7-10-13-16-19-22-25-28-30-32-34-36-38-40-41-43-44-46-48-50-52-54-57-60-63-66-69-72-79(83)81-77(76-88-90(85,86)87-75-74-82(4,5)6)78(71-68-65-62-59-56-27-24-21-18-15-12-9-3)89-80(84)73-70-67-64-61-58-55-53-51-49-47-45-42-39-37-35-33-31-29-26-23-20-17-14-11-8-2/h11,14,19-20,22-23,28-31,34-37,42,45,49,51,68,71,77-78H,7-10,12-13,15-18,21,24-27,32-33,38-41,43-44,46-48,50,52-67,69-70,72-76H2,1-6H3,(H-,81,83,85,86)/b14-11-,22-19-,23-20-,30-28-,31-29-,36-34-,37-35-,45-42-,51-49-,71-68+. The van der Waals surface area contributed by atoms with Gasteiger partial charge in [0.05, 0.1) is 33.8 Å². The van der Waals surface area contributed by atoms with Crippen LogP contribution in [0.4, 0.5) is 0 Å². The summed E-state index contributed by atoms with van der Waals surface area (Å²) in [7, 11) is 1.17. The summed E-state index contributed by atoms with van der Waals surface area (Å²) < 4.78 is 30.5. The molecule has 0 aromatic heterocycles. The average Bonchev–Trinajstić information content (AvgIpc) is 3.11. The molecule has 0 saturated heterocycles. The molecule has 0 bridgehead atoms. The van der Waals surface area contributed by atoms with Gasteiger partial charge in [-0.2, -0.15) is 0 Å². The maximum atomic E-state index is 13.6. The number of unbranched alkanes of at least 4 members (excludes halogenated alkanes) is 33. The van der Waals surface area contributed by atoms with Crippen molar-refractivity contribution in [2.75, 3.05) is 40.9 Å². The van der Waals surface area contributed by atoms with E-state index in [2.05, 4.69) is 135 Å². The van der Waals surface area contributed by atoms with Gasteiger partial charge in [-0.3, -0.25) is 14.2 Å². The lowest BCUT2D eigenvalue weighted by Crippen LogP contribution is -2.47. The average molecular weight is 1270 g/mol. The molecule has 3 atom stereocenters. The van der Waals surface area contributed by atoms with Gasteiger partial charge >= 0.3 is 5.97 Å². The molecular formula is C80H141N2O7P. The van der Waals surface area contributed by atoms with Gasteiger partial charge in [-0.25, -0.2) is 0 Å². The number of phosphoric acid groups is 1. The van der Waals surface area contributed by atoms with Crippen molar-refractivity contribution in [1.29, 1.82) is 0 Å². The first-order valence-electron chi connectivity index (χ1n) is 37.3. The van der Waals surface area contributed by atoms with E-state index in [1.807, 2.05) is 33.3 Å². The number of nitrogens with zero attached hydrogens (tertiary/aromatic N) is 1. The number of likely N-dealkylation sites (N-methyl/N-ethyl adjacent to an activating group) is 1. The summed E-state index contributed by atoms with van der Waals surface area (Å²) >= 11 is 0. The van der Waals surface area contributed by atoms with Crippen LogP contribution in [-0.2, 0) is 27.9 Å². The lowest BCUT2D eigenvalue weighted by atomic mass is 10.0. The fourth-order valence-corrected chi connectivity index (χ4v) is 11.1. The second-order valence-electron chi connectivity index (χ2n) is 26.1. The maximum absolute atomic E-state index is 13.6. The summed E-state index contributed by atoms with van der Waals surface area (Å²) in [6.07, 6.45) is 96.1. The largest absolute Gasteiger partial charge is 0.756 e. The van der Waals surface area contributed by atoms with Gasteiger partial charge in [-0.1, -0.05) is 310 Å². The van der Waals surface area contributed by atoms with Crippen LogP contribution in [0.1, 0.15) is 323 Å². The van der Waals surface area contributed by atoms with Crippen molar-refractivity contribution in [2.45, 2.75) is 335 Å². The SMILES string of the molecule is CC/C=C\C/C=C\C/C=C\C/C=C\C/C=C\C/C=C\CCCCCCCCC(=O)OC(/C=C/CCCCCCCCCCCC)C(COP(=O)([O-])OCC[N+](C)(C)C)NC(=O)CCCCCCCCCCCCCCCC/C=C\C/C=C\C/C=C\CCCCC. The quantitative estimate of drug-likeness (QED) is 0.0212. The number of carbonyl (C=O) groups excluding carboxylic acids is 2. The molecule has 9 nitrogen and oxygen atoms in total. The molecule has 3 unspecified atom stereocenters.